The van der Waals surface area contributed by atoms with Crippen molar-refractivity contribution in [1.29, 1.82) is 0 Å². The number of pyridine rings is 1. The summed E-state index contributed by atoms with van der Waals surface area (Å²) >= 11 is 0. The molecule has 31 heavy (non-hydrogen) atoms. The minimum atomic E-state index is -1.10. The van der Waals surface area contributed by atoms with Crippen LogP contribution >= 0.6 is 0 Å². The number of carboxylic acids is 1. The van der Waals surface area contributed by atoms with Gasteiger partial charge in [-0.15, -0.1) is 0 Å². The van der Waals surface area contributed by atoms with E-state index in [9.17, 15) is 9.90 Å². The number of ether oxygens (including phenoxy) is 3. The molecule has 6 nitrogen and oxygen atoms in total. The summed E-state index contributed by atoms with van der Waals surface area (Å²) in [7, 11) is 0. The SMILES string of the molecule is O=C(O)c1ncc2cc(Oc3ccccc3)ccc2c1COCOCc1ccccc1. The van der Waals surface area contributed by atoms with Crippen molar-refractivity contribution in [2.24, 2.45) is 0 Å². The van der Waals surface area contributed by atoms with Crippen LogP contribution in [0.1, 0.15) is 21.6 Å². The van der Waals surface area contributed by atoms with Crippen LogP contribution in [0.3, 0.4) is 0 Å². The summed E-state index contributed by atoms with van der Waals surface area (Å²) in [6.45, 7) is 0.528. The van der Waals surface area contributed by atoms with Gasteiger partial charge in [0.05, 0.1) is 13.2 Å². The third-order valence-corrected chi connectivity index (χ3v) is 4.67. The molecular weight excluding hydrogens is 394 g/mol. The molecule has 6 heteroatoms. The van der Waals surface area contributed by atoms with E-state index in [-0.39, 0.29) is 19.1 Å². The van der Waals surface area contributed by atoms with Gasteiger partial charge in [-0.25, -0.2) is 9.78 Å². The summed E-state index contributed by atoms with van der Waals surface area (Å²) in [5.41, 5.74) is 1.50. The Hall–Kier alpha value is -3.74. The lowest BCUT2D eigenvalue weighted by Crippen LogP contribution is -2.09. The largest absolute Gasteiger partial charge is 0.477 e. The second-order valence-corrected chi connectivity index (χ2v) is 6.86. The van der Waals surface area contributed by atoms with Crippen molar-refractivity contribution in [3.63, 3.8) is 0 Å². The van der Waals surface area contributed by atoms with E-state index >= 15 is 0 Å². The van der Waals surface area contributed by atoms with Gasteiger partial charge in [0, 0.05) is 17.1 Å². The quantitative estimate of drug-likeness (QED) is 0.291. The molecule has 0 atom stereocenters. The molecule has 0 bridgehead atoms. The summed E-state index contributed by atoms with van der Waals surface area (Å²) in [5.74, 6) is 0.257. The number of rotatable bonds is 9. The fraction of sp³-hybridized carbons (Fsp3) is 0.120. The number of nitrogens with zero attached hydrogens (tertiary/aromatic N) is 1. The summed E-state index contributed by atoms with van der Waals surface area (Å²) in [6.07, 6.45) is 1.53. The molecule has 0 spiro atoms. The highest BCUT2D eigenvalue weighted by Gasteiger charge is 2.16. The predicted molar refractivity (Wildman–Crippen MR) is 116 cm³/mol. The maximum atomic E-state index is 11.7. The molecule has 3 aromatic carbocycles. The fourth-order valence-electron chi connectivity index (χ4n) is 3.22. The lowest BCUT2D eigenvalue weighted by molar-refractivity contribution is -0.0688. The first kappa shape index (κ1) is 20.5. The molecule has 0 saturated heterocycles. The number of para-hydroxylation sites is 1. The third-order valence-electron chi connectivity index (χ3n) is 4.67. The topological polar surface area (TPSA) is 77.9 Å². The van der Waals surface area contributed by atoms with Crippen molar-refractivity contribution in [2.75, 3.05) is 6.79 Å². The molecular formula is C25H21NO5. The molecule has 0 aliphatic carbocycles. The van der Waals surface area contributed by atoms with Gasteiger partial charge in [0.15, 0.2) is 5.69 Å². The molecule has 0 radical (unpaired) electrons. The Bertz CT molecular complexity index is 1160. The second-order valence-electron chi connectivity index (χ2n) is 6.86. The molecule has 0 fully saturated rings. The molecule has 0 amide bonds. The summed E-state index contributed by atoms with van der Waals surface area (Å²) < 4.78 is 17.0. The number of fused-ring (bicyclic) bond motifs is 1. The van der Waals surface area contributed by atoms with Gasteiger partial charge < -0.3 is 19.3 Å². The Morgan fingerprint density at radius 3 is 2.29 bits per heavy atom. The van der Waals surface area contributed by atoms with Crippen molar-refractivity contribution >= 4 is 16.7 Å². The molecule has 156 valence electrons. The Kier molecular flexibility index (Phi) is 6.52. The van der Waals surface area contributed by atoms with E-state index in [0.29, 0.717) is 17.9 Å². The maximum Gasteiger partial charge on any atom is 0.354 e. The van der Waals surface area contributed by atoms with E-state index < -0.39 is 5.97 Å². The van der Waals surface area contributed by atoms with Crippen LogP contribution in [-0.2, 0) is 22.7 Å². The van der Waals surface area contributed by atoms with E-state index in [4.69, 9.17) is 14.2 Å². The Morgan fingerprint density at radius 2 is 1.55 bits per heavy atom. The summed E-state index contributed by atoms with van der Waals surface area (Å²) in [4.78, 5) is 15.8. The molecule has 0 saturated carbocycles. The van der Waals surface area contributed by atoms with Gasteiger partial charge in [-0.05, 0) is 35.2 Å². The highest BCUT2D eigenvalue weighted by molar-refractivity contribution is 5.96. The van der Waals surface area contributed by atoms with Crippen LogP contribution in [0.4, 0.5) is 0 Å². The Balaban J connectivity index is 1.48. The molecule has 0 aliphatic rings. The van der Waals surface area contributed by atoms with Gasteiger partial charge in [0.25, 0.3) is 0 Å². The standard InChI is InChI=1S/C25H21NO5/c27-25(28)24-23(16-30-17-29-15-18-7-3-1-4-8-18)22-12-11-21(13-19(22)14-26-24)31-20-9-5-2-6-10-20/h1-14H,15-17H2,(H,27,28). The van der Waals surface area contributed by atoms with Gasteiger partial charge in [-0.3, -0.25) is 0 Å². The average molecular weight is 415 g/mol. The normalized spacial score (nSPS) is 10.8. The zero-order valence-corrected chi connectivity index (χ0v) is 16.7. The highest BCUT2D eigenvalue weighted by Crippen LogP contribution is 2.28. The van der Waals surface area contributed by atoms with Crippen LogP contribution in [0.5, 0.6) is 11.5 Å². The van der Waals surface area contributed by atoms with Crippen LogP contribution in [0.2, 0.25) is 0 Å². The second kappa shape index (κ2) is 9.84. The van der Waals surface area contributed by atoms with Gasteiger partial charge in [0.2, 0.25) is 0 Å². The molecule has 4 aromatic rings. The Morgan fingerprint density at radius 1 is 0.839 bits per heavy atom. The average Bonchev–Trinajstić information content (AvgIpc) is 2.80. The molecule has 4 rings (SSSR count). The number of hydrogen-bond donors (Lipinski definition) is 1. The number of carboxylic acid groups (broad SMARTS) is 1. The first-order valence-electron chi connectivity index (χ1n) is 9.78. The minimum Gasteiger partial charge on any atom is -0.477 e. The zero-order valence-electron chi connectivity index (χ0n) is 16.7. The summed E-state index contributed by atoms with van der Waals surface area (Å²) in [6, 6.07) is 24.6. The minimum absolute atomic E-state index is 0.0349. The van der Waals surface area contributed by atoms with Gasteiger partial charge in [-0.2, -0.15) is 0 Å². The number of carbonyl (C=O) groups is 1. The number of aromatic nitrogens is 1. The van der Waals surface area contributed by atoms with E-state index in [1.807, 2.05) is 72.8 Å². The lowest BCUT2D eigenvalue weighted by atomic mass is 10.0. The number of benzene rings is 3. The van der Waals surface area contributed by atoms with Crippen molar-refractivity contribution in [3.8, 4) is 11.5 Å². The number of hydrogen-bond acceptors (Lipinski definition) is 5. The lowest BCUT2D eigenvalue weighted by Gasteiger charge is -2.12. The smallest absolute Gasteiger partial charge is 0.354 e. The molecule has 1 N–H and O–H groups in total. The highest BCUT2D eigenvalue weighted by atomic mass is 16.7. The molecule has 1 heterocycles. The van der Waals surface area contributed by atoms with Crippen LogP contribution in [0.15, 0.2) is 85.1 Å². The van der Waals surface area contributed by atoms with Crippen LogP contribution < -0.4 is 4.74 Å². The van der Waals surface area contributed by atoms with Crippen molar-refractivity contribution < 1.29 is 24.1 Å². The van der Waals surface area contributed by atoms with Crippen LogP contribution in [-0.4, -0.2) is 22.9 Å². The third kappa shape index (κ3) is 5.25. The monoisotopic (exact) mass is 415 g/mol. The van der Waals surface area contributed by atoms with Gasteiger partial charge in [-0.1, -0.05) is 54.6 Å². The van der Waals surface area contributed by atoms with E-state index in [1.165, 1.54) is 6.20 Å². The predicted octanol–water partition coefficient (Wildman–Crippen LogP) is 5.42. The van der Waals surface area contributed by atoms with Crippen molar-refractivity contribution in [1.82, 2.24) is 4.98 Å². The van der Waals surface area contributed by atoms with E-state index in [0.717, 1.165) is 22.1 Å². The van der Waals surface area contributed by atoms with Crippen LogP contribution in [0.25, 0.3) is 10.8 Å². The van der Waals surface area contributed by atoms with Crippen LogP contribution in [0, 0.1) is 0 Å². The zero-order chi connectivity index (χ0) is 21.5. The fourth-order valence-corrected chi connectivity index (χ4v) is 3.22. The molecule has 0 aliphatic heterocycles. The first-order chi connectivity index (χ1) is 15.2. The Labute approximate surface area is 179 Å². The molecule has 0 unspecified atom stereocenters. The maximum absolute atomic E-state index is 11.7. The van der Waals surface area contributed by atoms with E-state index in [2.05, 4.69) is 4.98 Å². The van der Waals surface area contributed by atoms with Crippen molar-refractivity contribution in [2.45, 2.75) is 13.2 Å². The molecule has 1 aromatic heterocycles. The van der Waals surface area contributed by atoms with Gasteiger partial charge in [0.1, 0.15) is 18.3 Å². The summed E-state index contributed by atoms with van der Waals surface area (Å²) in [5, 5.41) is 11.1. The van der Waals surface area contributed by atoms with Crippen molar-refractivity contribution in [3.05, 3.63) is 102 Å². The number of aromatic carboxylic acids is 1. The first-order valence-corrected chi connectivity index (χ1v) is 9.78. The van der Waals surface area contributed by atoms with Gasteiger partial charge >= 0.3 is 5.97 Å². The van der Waals surface area contributed by atoms with E-state index in [1.54, 1.807) is 6.07 Å².